The van der Waals surface area contributed by atoms with E-state index in [9.17, 15) is 4.79 Å². The van der Waals surface area contributed by atoms with Crippen molar-refractivity contribution in [1.29, 1.82) is 0 Å². The Bertz CT molecular complexity index is 980. The Balaban J connectivity index is 0.00000175. The van der Waals surface area contributed by atoms with Gasteiger partial charge in [0.25, 0.3) is 0 Å². The summed E-state index contributed by atoms with van der Waals surface area (Å²) in [5, 5.41) is 0. The predicted molar refractivity (Wildman–Crippen MR) is 114 cm³/mol. The lowest BCUT2D eigenvalue weighted by Crippen LogP contribution is -2.69. The molecule has 6 aliphatic rings. The first-order valence-corrected chi connectivity index (χ1v) is 10.8. The highest BCUT2D eigenvalue weighted by Gasteiger charge is 2.71. The van der Waals surface area contributed by atoms with Crippen molar-refractivity contribution < 1.29 is 19.0 Å². The zero-order chi connectivity index (χ0) is 19.5. The number of piperidine rings is 2. The quantitative estimate of drug-likeness (QED) is 0.675. The highest BCUT2D eigenvalue weighted by atomic mass is 35.5. The zero-order valence-corrected chi connectivity index (χ0v) is 18.1. The van der Waals surface area contributed by atoms with Crippen LogP contribution in [0.25, 0.3) is 0 Å². The fourth-order valence-electron chi connectivity index (χ4n) is 7.87. The Morgan fingerprint density at radius 3 is 2.80 bits per heavy atom. The molecule has 1 aliphatic carbocycles. The molecular weight excluding hydrogens is 404 g/mol. The van der Waals surface area contributed by atoms with Crippen molar-refractivity contribution in [3.8, 4) is 11.5 Å². The average Bonchev–Trinajstić information content (AvgIpc) is 3.20. The summed E-state index contributed by atoms with van der Waals surface area (Å²) in [4.78, 5) is 18.3. The van der Waals surface area contributed by atoms with Crippen molar-refractivity contribution in [3.05, 3.63) is 29.3 Å². The van der Waals surface area contributed by atoms with Crippen molar-refractivity contribution in [3.63, 3.8) is 0 Å². The van der Waals surface area contributed by atoms with Gasteiger partial charge in [0.1, 0.15) is 0 Å². The van der Waals surface area contributed by atoms with Crippen LogP contribution >= 0.6 is 12.4 Å². The first-order valence-electron chi connectivity index (χ1n) is 10.8. The molecule has 1 aromatic rings. The van der Waals surface area contributed by atoms with Gasteiger partial charge in [-0.3, -0.25) is 9.69 Å². The number of nitrogens with zero attached hydrogens (tertiary/aromatic N) is 2. The molecule has 1 aromatic carbocycles. The fourth-order valence-corrected chi connectivity index (χ4v) is 7.87. The van der Waals surface area contributed by atoms with Gasteiger partial charge in [-0.15, -0.1) is 12.4 Å². The summed E-state index contributed by atoms with van der Waals surface area (Å²) in [5.74, 6) is 2.57. The number of amides is 1. The van der Waals surface area contributed by atoms with Crippen LogP contribution in [0.15, 0.2) is 23.8 Å². The number of benzene rings is 1. The van der Waals surface area contributed by atoms with Crippen molar-refractivity contribution in [1.82, 2.24) is 4.90 Å². The second-order valence-corrected chi connectivity index (χ2v) is 9.48. The van der Waals surface area contributed by atoms with Crippen LogP contribution in [0.1, 0.15) is 24.8 Å². The maximum absolute atomic E-state index is 13.5. The minimum absolute atomic E-state index is 0. The summed E-state index contributed by atoms with van der Waals surface area (Å²) in [6.45, 7) is 2.80. The molecule has 4 fully saturated rings. The van der Waals surface area contributed by atoms with Crippen LogP contribution in [-0.4, -0.2) is 62.9 Å². The number of halogens is 1. The van der Waals surface area contributed by atoms with Gasteiger partial charge in [0.2, 0.25) is 5.91 Å². The number of rotatable bonds is 2. The second-order valence-electron chi connectivity index (χ2n) is 9.48. The van der Waals surface area contributed by atoms with Gasteiger partial charge in [0, 0.05) is 30.0 Å². The van der Waals surface area contributed by atoms with Crippen LogP contribution in [0.2, 0.25) is 0 Å². The van der Waals surface area contributed by atoms with E-state index in [0.717, 1.165) is 30.9 Å². The van der Waals surface area contributed by atoms with Crippen molar-refractivity contribution in [2.24, 2.45) is 11.8 Å². The Labute approximate surface area is 182 Å². The molecule has 1 amide bonds. The molecule has 5 heterocycles. The highest BCUT2D eigenvalue weighted by molar-refractivity contribution is 5.99. The molecular formula is C23H27ClN2O4. The molecule has 0 radical (unpaired) electrons. The fraction of sp³-hybridized carbons (Fsp3) is 0.609. The highest BCUT2D eigenvalue weighted by Crippen LogP contribution is 2.66. The number of anilines is 1. The molecule has 7 rings (SSSR count). The second kappa shape index (κ2) is 6.15. The molecule has 0 aromatic heterocycles. The smallest absolute Gasteiger partial charge is 0.229 e. The molecule has 2 bridgehead atoms. The third-order valence-corrected chi connectivity index (χ3v) is 8.81. The molecule has 30 heavy (non-hydrogen) atoms. The van der Waals surface area contributed by atoms with Crippen LogP contribution in [0.4, 0.5) is 5.69 Å². The predicted octanol–water partition coefficient (Wildman–Crippen LogP) is 2.53. The number of carbonyl (C=O) groups excluding carboxylic acids is 1. The molecule has 0 unspecified atom stereocenters. The zero-order valence-electron chi connectivity index (χ0n) is 17.3. The minimum Gasteiger partial charge on any atom is -0.493 e. The number of hydrogen-bond acceptors (Lipinski definition) is 5. The van der Waals surface area contributed by atoms with Crippen molar-refractivity contribution in [2.45, 2.75) is 42.9 Å². The molecule has 5 aliphatic heterocycles. The van der Waals surface area contributed by atoms with E-state index >= 15 is 0 Å². The summed E-state index contributed by atoms with van der Waals surface area (Å²) >= 11 is 0. The van der Waals surface area contributed by atoms with Gasteiger partial charge >= 0.3 is 0 Å². The topological polar surface area (TPSA) is 51.2 Å². The lowest BCUT2D eigenvalue weighted by atomic mass is 9.53. The van der Waals surface area contributed by atoms with Gasteiger partial charge in [-0.1, -0.05) is 11.6 Å². The lowest BCUT2D eigenvalue weighted by molar-refractivity contribution is -0.132. The maximum Gasteiger partial charge on any atom is 0.229 e. The Morgan fingerprint density at radius 2 is 2.00 bits per heavy atom. The molecule has 3 saturated heterocycles. The number of ether oxygens (including phenoxy) is 3. The Kier molecular flexibility index (Phi) is 3.89. The van der Waals surface area contributed by atoms with E-state index in [1.54, 1.807) is 19.8 Å². The van der Waals surface area contributed by atoms with Crippen LogP contribution in [0.3, 0.4) is 0 Å². The largest absolute Gasteiger partial charge is 0.493 e. The van der Waals surface area contributed by atoms with Crippen LogP contribution < -0.4 is 14.4 Å². The number of methoxy groups -OCH3 is 2. The lowest BCUT2D eigenvalue weighted by Gasteiger charge is -2.58. The SMILES string of the molecule is COc1cc2c(cc1OC)[C@@]13CCN4CC5=CCO[C@H]6CC(=O)N2[C@H]1[C@H]6[C@H]5C[C@H]43.Cl. The van der Waals surface area contributed by atoms with E-state index in [4.69, 9.17) is 14.2 Å². The van der Waals surface area contributed by atoms with Gasteiger partial charge in [-0.25, -0.2) is 0 Å². The van der Waals surface area contributed by atoms with Gasteiger partial charge in [0.15, 0.2) is 11.5 Å². The summed E-state index contributed by atoms with van der Waals surface area (Å²) < 4.78 is 17.6. The minimum atomic E-state index is -0.0242. The standard InChI is InChI=1S/C23H26N2O4.ClH/c1-27-16-8-14-15(9-17(16)28-2)25-20(26)10-18-21-13-7-19-23(14,22(21)25)4-5-24(19)11-12(13)3-6-29-18;/h3,8-9,13,18-19,21-22H,4-7,10-11H2,1-2H3;1H/t13-,18-,19-,21-,22-,23+;/m0./s1. The van der Waals surface area contributed by atoms with Crippen LogP contribution in [-0.2, 0) is 14.9 Å². The average molecular weight is 431 g/mol. The molecule has 160 valence electrons. The summed E-state index contributed by atoms with van der Waals surface area (Å²) in [7, 11) is 3.36. The molecule has 7 heteroatoms. The molecule has 1 saturated carbocycles. The van der Waals surface area contributed by atoms with E-state index in [-0.39, 0.29) is 35.9 Å². The Hall–Kier alpha value is -1.76. The Morgan fingerprint density at radius 1 is 1.20 bits per heavy atom. The van der Waals surface area contributed by atoms with E-state index in [1.165, 1.54) is 12.0 Å². The van der Waals surface area contributed by atoms with Crippen LogP contribution in [0, 0.1) is 11.8 Å². The number of hydrogen-bond donors (Lipinski definition) is 0. The summed E-state index contributed by atoms with van der Waals surface area (Å²) in [6.07, 6.45) is 5.11. The normalized spacial score (nSPS) is 39.7. The van der Waals surface area contributed by atoms with E-state index in [2.05, 4.69) is 21.9 Å². The number of carbonyl (C=O) groups is 1. The maximum atomic E-state index is 13.5. The van der Waals surface area contributed by atoms with E-state index in [1.807, 2.05) is 6.07 Å². The van der Waals surface area contributed by atoms with Gasteiger partial charge in [0.05, 0.1) is 45.1 Å². The molecule has 6 nitrogen and oxygen atoms in total. The van der Waals surface area contributed by atoms with E-state index < -0.39 is 0 Å². The third-order valence-electron chi connectivity index (χ3n) is 8.81. The third kappa shape index (κ3) is 1.96. The van der Waals surface area contributed by atoms with Crippen molar-refractivity contribution in [2.75, 3.05) is 38.8 Å². The van der Waals surface area contributed by atoms with Crippen molar-refractivity contribution >= 4 is 24.0 Å². The first-order chi connectivity index (χ1) is 14.2. The first kappa shape index (κ1) is 19.0. The van der Waals surface area contributed by atoms with Crippen LogP contribution in [0.5, 0.6) is 11.5 Å². The molecule has 1 spiro atoms. The summed E-state index contributed by atoms with van der Waals surface area (Å²) in [6, 6.07) is 4.87. The van der Waals surface area contributed by atoms with Gasteiger partial charge in [-0.05, 0) is 36.9 Å². The molecule has 6 atom stereocenters. The van der Waals surface area contributed by atoms with E-state index in [0.29, 0.717) is 36.7 Å². The summed E-state index contributed by atoms with van der Waals surface area (Å²) in [5.41, 5.74) is 3.85. The van der Waals surface area contributed by atoms with Gasteiger partial charge < -0.3 is 19.1 Å². The molecule has 0 N–H and O–H groups in total. The van der Waals surface area contributed by atoms with Gasteiger partial charge in [-0.2, -0.15) is 0 Å². The monoisotopic (exact) mass is 430 g/mol. The number of fused-ring (bicyclic) bond motifs is 2.